The van der Waals surface area contributed by atoms with Gasteiger partial charge in [-0.1, -0.05) is 34.6 Å². The maximum absolute atomic E-state index is 11.8. The van der Waals surface area contributed by atoms with E-state index in [4.69, 9.17) is 4.74 Å². The average Bonchev–Trinajstić information content (AvgIpc) is 2.12. The zero-order chi connectivity index (χ0) is 13.0. The zero-order valence-electron chi connectivity index (χ0n) is 12.0. The fourth-order valence-corrected chi connectivity index (χ4v) is 1.21. The molecule has 2 heteroatoms. The Morgan fingerprint density at radius 2 is 1.69 bits per heavy atom. The highest BCUT2D eigenvalue weighted by Crippen LogP contribution is 2.25. The summed E-state index contributed by atoms with van der Waals surface area (Å²) in [5.41, 5.74) is -0.0398. The van der Waals surface area contributed by atoms with E-state index in [1.165, 1.54) is 0 Å². The lowest BCUT2D eigenvalue weighted by Gasteiger charge is -2.26. The molecular formula is C14H28O2. The van der Waals surface area contributed by atoms with Gasteiger partial charge in [0, 0.05) is 0 Å². The summed E-state index contributed by atoms with van der Waals surface area (Å²) in [4.78, 5) is 11.8. The van der Waals surface area contributed by atoms with Gasteiger partial charge >= 0.3 is 5.97 Å². The Hall–Kier alpha value is -0.530. The standard InChI is InChI=1S/C14H28O2/c1-8-14(6,7)16-12(15)11(2)9-10-13(3,4)5/h11H,8-10H2,1-7H3. The van der Waals surface area contributed by atoms with E-state index < -0.39 is 0 Å². The maximum atomic E-state index is 11.8. The molecule has 0 aliphatic heterocycles. The number of esters is 1. The average molecular weight is 228 g/mol. The van der Waals surface area contributed by atoms with Crippen molar-refractivity contribution >= 4 is 5.97 Å². The second-order valence-electron chi connectivity index (χ2n) is 6.53. The van der Waals surface area contributed by atoms with Crippen molar-refractivity contribution in [1.29, 1.82) is 0 Å². The van der Waals surface area contributed by atoms with Gasteiger partial charge in [-0.25, -0.2) is 0 Å². The maximum Gasteiger partial charge on any atom is 0.309 e. The smallest absolute Gasteiger partial charge is 0.309 e. The molecule has 0 aromatic rings. The first-order chi connectivity index (χ1) is 7.07. The summed E-state index contributed by atoms with van der Waals surface area (Å²) in [5, 5.41) is 0. The summed E-state index contributed by atoms with van der Waals surface area (Å²) >= 11 is 0. The van der Waals surface area contributed by atoms with Gasteiger partial charge in [0.25, 0.3) is 0 Å². The van der Waals surface area contributed by atoms with E-state index in [-0.39, 0.29) is 22.9 Å². The second-order valence-corrected chi connectivity index (χ2v) is 6.53. The highest BCUT2D eigenvalue weighted by molar-refractivity contribution is 5.72. The Balaban J connectivity index is 4.10. The quantitative estimate of drug-likeness (QED) is 0.660. The van der Waals surface area contributed by atoms with Crippen molar-refractivity contribution in [3.8, 4) is 0 Å². The molecule has 0 radical (unpaired) electrons. The molecule has 1 unspecified atom stereocenters. The van der Waals surface area contributed by atoms with Crippen LogP contribution in [-0.4, -0.2) is 11.6 Å². The summed E-state index contributed by atoms with van der Waals surface area (Å²) in [6, 6.07) is 0. The molecule has 0 aliphatic carbocycles. The first kappa shape index (κ1) is 15.5. The SMILES string of the molecule is CCC(C)(C)OC(=O)C(C)CCC(C)(C)C. The molecule has 0 spiro atoms. The Morgan fingerprint density at radius 1 is 1.19 bits per heavy atom. The molecule has 0 aromatic carbocycles. The molecule has 0 fully saturated rings. The summed E-state index contributed by atoms with van der Waals surface area (Å²) < 4.78 is 5.48. The summed E-state index contributed by atoms with van der Waals surface area (Å²) in [6.07, 6.45) is 2.81. The van der Waals surface area contributed by atoms with Gasteiger partial charge in [0.05, 0.1) is 5.92 Å². The monoisotopic (exact) mass is 228 g/mol. The Labute approximate surface area is 101 Å². The van der Waals surface area contributed by atoms with Crippen molar-refractivity contribution in [2.45, 2.75) is 73.3 Å². The third-order valence-electron chi connectivity index (χ3n) is 2.96. The molecule has 2 nitrogen and oxygen atoms in total. The first-order valence-corrected chi connectivity index (χ1v) is 6.30. The van der Waals surface area contributed by atoms with Gasteiger partial charge in [0.2, 0.25) is 0 Å². The normalized spacial score (nSPS) is 14.7. The van der Waals surface area contributed by atoms with Crippen LogP contribution >= 0.6 is 0 Å². The van der Waals surface area contributed by atoms with Gasteiger partial charge in [0.1, 0.15) is 5.60 Å². The van der Waals surface area contributed by atoms with Crippen molar-refractivity contribution in [1.82, 2.24) is 0 Å². The molecule has 0 aromatic heterocycles. The van der Waals surface area contributed by atoms with Gasteiger partial charge < -0.3 is 4.74 Å². The molecular weight excluding hydrogens is 200 g/mol. The third-order valence-corrected chi connectivity index (χ3v) is 2.96. The Bertz CT molecular complexity index is 223. The molecule has 96 valence electrons. The van der Waals surface area contributed by atoms with Crippen LogP contribution in [0, 0.1) is 11.3 Å². The van der Waals surface area contributed by atoms with Crippen molar-refractivity contribution in [3.05, 3.63) is 0 Å². The highest BCUT2D eigenvalue weighted by atomic mass is 16.6. The van der Waals surface area contributed by atoms with E-state index in [0.29, 0.717) is 0 Å². The van der Waals surface area contributed by atoms with Crippen LogP contribution in [0.2, 0.25) is 0 Å². The molecule has 0 bridgehead atoms. The molecule has 0 aliphatic rings. The molecule has 16 heavy (non-hydrogen) atoms. The van der Waals surface area contributed by atoms with Crippen LogP contribution in [0.15, 0.2) is 0 Å². The van der Waals surface area contributed by atoms with Crippen molar-refractivity contribution in [2.24, 2.45) is 11.3 Å². The van der Waals surface area contributed by atoms with Crippen LogP contribution in [0.5, 0.6) is 0 Å². The van der Waals surface area contributed by atoms with Gasteiger partial charge in [0.15, 0.2) is 0 Å². The lowest BCUT2D eigenvalue weighted by atomic mass is 9.87. The number of carbonyl (C=O) groups excluding carboxylic acids is 1. The van der Waals surface area contributed by atoms with Gasteiger partial charge in [-0.15, -0.1) is 0 Å². The topological polar surface area (TPSA) is 26.3 Å². The fourth-order valence-electron chi connectivity index (χ4n) is 1.21. The number of hydrogen-bond acceptors (Lipinski definition) is 2. The number of ether oxygens (including phenoxy) is 1. The van der Waals surface area contributed by atoms with Crippen LogP contribution in [0.1, 0.15) is 67.7 Å². The van der Waals surface area contributed by atoms with E-state index in [9.17, 15) is 4.79 Å². The third kappa shape index (κ3) is 6.86. The van der Waals surface area contributed by atoms with Gasteiger partial charge in [-0.2, -0.15) is 0 Å². The van der Waals surface area contributed by atoms with Crippen LogP contribution in [-0.2, 0) is 9.53 Å². The summed E-state index contributed by atoms with van der Waals surface area (Å²) in [7, 11) is 0. The minimum absolute atomic E-state index is 0.00468. The lowest BCUT2D eigenvalue weighted by Crippen LogP contribution is -2.30. The van der Waals surface area contributed by atoms with Crippen LogP contribution in [0.4, 0.5) is 0 Å². The minimum Gasteiger partial charge on any atom is -0.459 e. The van der Waals surface area contributed by atoms with Crippen molar-refractivity contribution < 1.29 is 9.53 Å². The molecule has 0 saturated heterocycles. The number of hydrogen-bond donors (Lipinski definition) is 0. The van der Waals surface area contributed by atoms with E-state index >= 15 is 0 Å². The first-order valence-electron chi connectivity index (χ1n) is 6.30. The van der Waals surface area contributed by atoms with E-state index in [2.05, 4.69) is 20.8 Å². The van der Waals surface area contributed by atoms with Crippen molar-refractivity contribution in [3.63, 3.8) is 0 Å². The lowest BCUT2D eigenvalue weighted by molar-refractivity contribution is -0.161. The molecule has 0 rings (SSSR count). The van der Waals surface area contributed by atoms with E-state index in [1.54, 1.807) is 0 Å². The minimum atomic E-state index is -0.326. The largest absolute Gasteiger partial charge is 0.459 e. The van der Waals surface area contributed by atoms with E-state index in [1.807, 2.05) is 27.7 Å². The van der Waals surface area contributed by atoms with Crippen molar-refractivity contribution in [2.75, 3.05) is 0 Å². The summed E-state index contributed by atoms with van der Waals surface area (Å²) in [5.74, 6) is -0.0545. The Morgan fingerprint density at radius 3 is 2.06 bits per heavy atom. The van der Waals surface area contributed by atoms with Gasteiger partial charge in [-0.3, -0.25) is 4.79 Å². The number of carbonyl (C=O) groups is 1. The van der Waals surface area contributed by atoms with E-state index in [0.717, 1.165) is 19.3 Å². The second kappa shape index (κ2) is 5.70. The predicted molar refractivity (Wildman–Crippen MR) is 68.3 cm³/mol. The Kier molecular flexibility index (Phi) is 5.51. The summed E-state index contributed by atoms with van der Waals surface area (Å²) in [6.45, 7) is 14.5. The van der Waals surface area contributed by atoms with Crippen LogP contribution in [0.3, 0.4) is 0 Å². The van der Waals surface area contributed by atoms with Crippen LogP contribution < -0.4 is 0 Å². The number of rotatable bonds is 5. The molecule has 1 atom stereocenters. The highest BCUT2D eigenvalue weighted by Gasteiger charge is 2.25. The fraction of sp³-hybridized carbons (Fsp3) is 0.929. The molecule has 0 heterocycles. The molecule has 0 amide bonds. The van der Waals surface area contributed by atoms with Crippen LogP contribution in [0.25, 0.3) is 0 Å². The zero-order valence-corrected chi connectivity index (χ0v) is 12.0. The molecule has 0 N–H and O–H groups in total. The molecule has 0 saturated carbocycles. The van der Waals surface area contributed by atoms with Gasteiger partial charge in [-0.05, 0) is 38.5 Å². The predicted octanol–water partition coefficient (Wildman–Crippen LogP) is 4.18.